The number of nitrogens with one attached hydrogen (secondary N) is 1. The van der Waals surface area contributed by atoms with Crippen molar-refractivity contribution in [1.29, 1.82) is 0 Å². The normalized spacial score (nSPS) is 11.0. The first-order valence-corrected chi connectivity index (χ1v) is 6.43. The molecule has 0 aliphatic heterocycles. The molecule has 0 fully saturated rings. The highest BCUT2D eigenvalue weighted by molar-refractivity contribution is 7.22. The van der Waals surface area contributed by atoms with Crippen LogP contribution in [0.15, 0.2) is 22.7 Å². The Morgan fingerprint density at radius 2 is 2.17 bits per heavy atom. The Balaban J connectivity index is 1.81. The van der Waals surface area contributed by atoms with Crippen LogP contribution in [0.25, 0.3) is 10.2 Å². The minimum Gasteiger partial charge on any atom is -0.352 e. The molecular weight excluding hydrogens is 248 g/mol. The molecule has 2 aromatic heterocycles. The number of thiazole rings is 1. The number of aromatic nitrogens is 3. The molecule has 92 valence electrons. The zero-order valence-corrected chi connectivity index (χ0v) is 10.9. The van der Waals surface area contributed by atoms with Crippen molar-refractivity contribution in [3.8, 4) is 0 Å². The van der Waals surface area contributed by atoms with Crippen molar-refractivity contribution in [3.05, 3.63) is 35.5 Å². The number of aryl methyl sites for hydroxylation is 2. The fourth-order valence-corrected chi connectivity index (χ4v) is 2.66. The number of benzene rings is 1. The van der Waals surface area contributed by atoms with Crippen LogP contribution in [0.2, 0.25) is 0 Å². The van der Waals surface area contributed by atoms with Crippen LogP contribution < -0.4 is 5.32 Å². The third kappa shape index (κ3) is 2.06. The van der Waals surface area contributed by atoms with E-state index >= 15 is 0 Å². The van der Waals surface area contributed by atoms with Gasteiger partial charge in [-0.15, -0.1) is 0 Å². The molecule has 5 nitrogen and oxygen atoms in total. The number of hydrogen-bond donors (Lipinski definition) is 1. The van der Waals surface area contributed by atoms with Crippen molar-refractivity contribution in [2.24, 2.45) is 0 Å². The van der Waals surface area contributed by atoms with E-state index in [9.17, 15) is 0 Å². The van der Waals surface area contributed by atoms with Gasteiger partial charge in [-0.05, 0) is 25.5 Å². The van der Waals surface area contributed by atoms with Gasteiger partial charge in [-0.2, -0.15) is 4.98 Å². The van der Waals surface area contributed by atoms with Crippen LogP contribution in [0.5, 0.6) is 0 Å². The lowest BCUT2D eigenvalue weighted by Crippen LogP contribution is -1.98. The van der Waals surface area contributed by atoms with Gasteiger partial charge in [-0.1, -0.05) is 28.6 Å². The quantitative estimate of drug-likeness (QED) is 0.784. The maximum Gasteiger partial charge on any atom is 0.246 e. The van der Waals surface area contributed by atoms with E-state index in [1.165, 1.54) is 10.3 Å². The molecule has 0 aliphatic carbocycles. The van der Waals surface area contributed by atoms with Crippen molar-refractivity contribution >= 4 is 26.7 Å². The average molecular weight is 260 g/mol. The van der Waals surface area contributed by atoms with Crippen molar-refractivity contribution in [2.45, 2.75) is 20.4 Å². The van der Waals surface area contributed by atoms with Crippen LogP contribution in [0.3, 0.4) is 0 Å². The van der Waals surface area contributed by atoms with E-state index in [0.29, 0.717) is 18.3 Å². The van der Waals surface area contributed by atoms with E-state index in [-0.39, 0.29) is 0 Å². The molecule has 0 saturated carbocycles. The van der Waals surface area contributed by atoms with Gasteiger partial charge in [0.25, 0.3) is 0 Å². The van der Waals surface area contributed by atoms with Gasteiger partial charge in [0.2, 0.25) is 5.89 Å². The molecule has 18 heavy (non-hydrogen) atoms. The van der Waals surface area contributed by atoms with E-state index in [2.05, 4.69) is 39.5 Å². The molecule has 1 aromatic carbocycles. The summed E-state index contributed by atoms with van der Waals surface area (Å²) in [5, 5.41) is 7.82. The molecule has 6 heteroatoms. The van der Waals surface area contributed by atoms with Crippen molar-refractivity contribution in [2.75, 3.05) is 5.32 Å². The number of fused-ring (bicyclic) bond motifs is 1. The van der Waals surface area contributed by atoms with Crippen LogP contribution in [0.1, 0.15) is 17.3 Å². The number of para-hydroxylation sites is 1. The first-order chi connectivity index (χ1) is 8.72. The van der Waals surface area contributed by atoms with Crippen LogP contribution in [0, 0.1) is 13.8 Å². The number of nitrogens with zero attached hydrogens (tertiary/aromatic N) is 3. The summed E-state index contributed by atoms with van der Waals surface area (Å²) in [6.45, 7) is 4.36. The molecule has 0 saturated heterocycles. The second-order valence-corrected chi connectivity index (χ2v) is 5.06. The lowest BCUT2D eigenvalue weighted by molar-refractivity contribution is 0.379. The topological polar surface area (TPSA) is 63.8 Å². The highest BCUT2D eigenvalue weighted by Crippen LogP contribution is 2.27. The number of hydrogen-bond acceptors (Lipinski definition) is 6. The summed E-state index contributed by atoms with van der Waals surface area (Å²) in [6, 6.07) is 6.18. The van der Waals surface area contributed by atoms with E-state index in [1.54, 1.807) is 18.3 Å². The monoisotopic (exact) mass is 260 g/mol. The standard InChI is InChI=1S/C12H12N4OS/c1-7-4-3-5-9-11(7)15-12(18-9)13-6-10-14-8(2)16-17-10/h3-5H,6H2,1-2H3,(H,13,15). The van der Waals surface area contributed by atoms with Crippen molar-refractivity contribution in [1.82, 2.24) is 15.1 Å². The van der Waals surface area contributed by atoms with Gasteiger partial charge in [0.15, 0.2) is 11.0 Å². The number of anilines is 1. The van der Waals surface area contributed by atoms with Crippen LogP contribution in [0.4, 0.5) is 5.13 Å². The highest BCUT2D eigenvalue weighted by Gasteiger charge is 2.07. The lowest BCUT2D eigenvalue weighted by atomic mass is 10.2. The third-order valence-corrected chi connectivity index (χ3v) is 3.56. The fourth-order valence-electron chi connectivity index (χ4n) is 1.72. The molecule has 0 aliphatic rings. The summed E-state index contributed by atoms with van der Waals surface area (Å²) < 4.78 is 6.22. The first-order valence-electron chi connectivity index (χ1n) is 5.61. The van der Waals surface area contributed by atoms with Crippen LogP contribution in [-0.2, 0) is 6.54 Å². The summed E-state index contributed by atoms with van der Waals surface area (Å²) in [7, 11) is 0. The summed E-state index contributed by atoms with van der Waals surface area (Å²) in [5.74, 6) is 1.22. The van der Waals surface area contributed by atoms with E-state index in [1.807, 2.05) is 6.07 Å². The zero-order valence-electron chi connectivity index (χ0n) is 10.1. The Hall–Kier alpha value is -1.95. The predicted octanol–water partition coefficient (Wildman–Crippen LogP) is 2.91. The van der Waals surface area contributed by atoms with Gasteiger partial charge in [0.05, 0.1) is 16.8 Å². The van der Waals surface area contributed by atoms with Gasteiger partial charge < -0.3 is 9.84 Å². The molecule has 2 heterocycles. The highest BCUT2D eigenvalue weighted by atomic mass is 32.1. The fraction of sp³-hybridized carbons (Fsp3) is 0.250. The summed E-state index contributed by atoms with van der Waals surface area (Å²) in [4.78, 5) is 8.69. The SMILES string of the molecule is Cc1noc(CNc2nc3c(C)cccc3s2)n1. The Bertz CT molecular complexity index is 688. The summed E-state index contributed by atoms with van der Waals surface area (Å²) in [5.41, 5.74) is 2.23. The molecule has 0 spiro atoms. The maximum atomic E-state index is 5.04. The third-order valence-electron chi connectivity index (χ3n) is 2.58. The van der Waals surface area contributed by atoms with E-state index in [0.717, 1.165) is 10.6 Å². The van der Waals surface area contributed by atoms with Gasteiger partial charge in [-0.25, -0.2) is 4.98 Å². The van der Waals surface area contributed by atoms with E-state index < -0.39 is 0 Å². The summed E-state index contributed by atoms with van der Waals surface area (Å²) >= 11 is 1.63. The van der Waals surface area contributed by atoms with Gasteiger partial charge >= 0.3 is 0 Å². The second-order valence-electron chi connectivity index (χ2n) is 4.03. The largest absolute Gasteiger partial charge is 0.352 e. The van der Waals surface area contributed by atoms with Crippen molar-refractivity contribution in [3.63, 3.8) is 0 Å². The van der Waals surface area contributed by atoms with Crippen LogP contribution >= 0.6 is 11.3 Å². The Labute approximate surface area is 108 Å². The van der Waals surface area contributed by atoms with Gasteiger partial charge in [-0.3, -0.25) is 0 Å². The lowest BCUT2D eigenvalue weighted by Gasteiger charge is -1.95. The molecule has 0 bridgehead atoms. The average Bonchev–Trinajstić information content (AvgIpc) is 2.93. The molecule has 0 amide bonds. The van der Waals surface area contributed by atoms with E-state index in [4.69, 9.17) is 4.52 Å². The number of rotatable bonds is 3. The summed E-state index contributed by atoms with van der Waals surface area (Å²) in [6.07, 6.45) is 0. The Kier molecular flexibility index (Phi) is 2.71. The molecular formula is C12H12N4OS. The molecule has 0 unspecified atom stereocenters. The molecule has 0 radical (unpaired) electrons. The minimum absolute atomic E-state index is 0.500. The molecule has 0 atom stereocenters. The smallest absolute Gasteiger partial charge is 0.246 e. The molecule has 3 aromatic rings. The molecule has 3 rings (SSSR count). The molecule has 1 N–H and O–H groups in total. The first kappa shape index (κ1) is 11.2. The minimum atomic E-state index is 0.500. The second kappa shape index (κ2) is 4.38. The Morgan fingerprint density at radius 1 is 1.28 bits per heavy atom. The van der Waals surface area contributed by atoms with Crippen molar-refractivity contribution < 1.29 is 4.52 Å². The predicted molar refractivity (Wildman–Crippen MR) is 70.7 cm³/mol. The zero-order chi connectivity index (χ0) is 12.5. The Morgan fingerprint density at radius 3 is 2.89 bits per heavy atom. The van der Waals surface area contributed by atoms with Gasteiger partial charge in [0.1, 0.15) is 0 Å². The van der Waals surface area contributed by atoms with Gasteiger partial charge in [0, 0.05) is 0 Å². The van der Waals surface area contributed by atoms with Crippen LogP contribution in [-0.4, -0.2) is 15.1 Å². The maximum absolute atomic E-state index is 5.04.